The lowest BCUT2D eigenvalue weighted by atomic mass is 10.2. The molecule has 0 unspecified atom stereocenters. The van der Waals surface area contributed by atoms with Crippen molar-refractivity contribution in [2.24, 2.45) is 5.73 Å². The smallest absolute Gasteiger partial charge is 0.249 e. The van der Waals surface area contributed by atoms with Crippen LogP contribution in [0.25, 0.3) is 0 Å². The first-order chi connectivity index (χ1) is 10.5. The summed E-state index contributed by atoms with van der Waals surface area (Å²) in [7, 11) is 0. The molecule has 0 saturated carbocycles. The number of carbonyl (C=O) groups is 2. The van der Waals surface area contributed by atoms with Crippen LogP contribution in [0.2, 0.25) is 5.02 Å². The summed E-state index contributed by atoms with van der Waals surface area (Å²) >= 11 is 6.04. The lowest BCUT2D eigenvalue weighted by Gasteiger charge is -2.13. The minimum Gasteiger partial charge on any atom is -0.364 e. The summed E-state index contributed by atoms with van der Waals surface area (Å²) in [5.74, 6) is -0.631. The number of nitrogens with one attached hydrogen (secondary N) is 2. The molecule has 2 atom stereocenters. The number of carbonyl (C=O) groups excluding carboxylic acids is 2. The average molecular weight is 362 g/mol. The highest BCUT2D eigenvalue weighted by atomic mass is 35.5. The summed E-state index contributed by atoms with van der Waals surface area (Å²) in [5.41, 5.74) is 7.02. The molecule has 8 heteroatoms. The number of benzene rings is 1. The van der Waals surface area contributed by atoms with Crippen molar-refractivity contribution in [3.8, 4) is 0 Å². The predicted octanol–water partition coefficient (Wildman–Crippen LogP) is 1.63. The van der Waals surface area contributed by atoms with E-state index < -0.39 is 6.10 Å². The van der Waals surface area contributed by atoms with Gasteiger partial charge < -0.3 is 21.1 Å². The van der Waals surface area contributed by atoms with Crippen molar-refractivity contribution < 1.29 is 14.3 Å². The van der Waals surface area contributed by atoms with E-state index in [0.717, 1.165) is 12.0 Å². The van der Waals surface area contributed by atoms with Crippen LogP contribution in [0, 0.1) is 6.92 Å². The highest BCUT2D eigenvalue weighted by Gasteiger charge is 2.29. The minimum absolute atomic E-state index is 0. The molecule has 0 spiro atoms. The predicted molar refractivity (Wildman–Crippen MR) is 92.0 cm³/mol. The summed E-state index contributed by atoms with van der Waals surface area (Å²) in [6, 6.07) is 5.33. The minimum atomic E-state index is -0.524. The topological polar surface area (TPSA) is 93.5 Å². The largest absolute Gasteiger partial charge is 0.364 e. The molecule has 0 aliphatic carbocycles. The molecule has 0 bridgehead atoms. The van der Waals surface area contributed by atoms with Gasteiger partial charge in [-0.05, 0) is 37.5 Å². The monoisotopic (exact) mass is 361 g/mol. The number of aryl methyl sites for hydroxylation is 1. The maximum Gasteiger partial charge on any atom is 0.249 e. The highest BCUT2D eigenvalue weighted by Crippen LogP contribution is 2.22. The van der Waals surface area contributed by atoms with Crippen LogP contribution in [0.5, 0.6) is 0 Å². The first kappa shape index (κ1) is 19.7. The standard InChI is InChI=1S/C15H20ClN3O3.ClH/c1-9-2-4-12(11(16)6-9)19-14(20)8-18-15(21)13-5-3-10(7-17)22-13;/h2,4,6,10,13H,3,5,7-8,17H2,1H3,(H,18,21)(H,19,20);1H/t10-,13+;/m1./s1. The Kier molecular flexibility index (Phi) is 7.78. The number of halogens is 2. The Morgan fingerprint density at radius 2 is 2.13 bits per heavy atom. The fourth-order valence-corrected chi connectivity index (χ4v) is 2.55. The van der Waals surface area contributed by atoms with Gasteiger partial charge in [0.1, 0.15) is 6.10 Å². The number of ether oxygens (including phenoxy) is 1. The van der Waals surface area contributed by atoms with E-state index in [1.54, 1.807) is 12.1 Å². The van der Waals surface area contributed by atoms with Crippen LogP contribution in [-0.4, -0.2) is 37.1 Å². The zero-order valence-electron chi connectivity index (χ0n) is 12.8. The molecule has 1 aromatic carbocycles. The molecule has 1 aliphatic rings. The number of anilines is 1. The summed E-state index contributed by atoms with van der Waals surface area (Å²) < 4.78 is 5.47. The van der Waals surface area contributed by atoms with Gasteiger partial charge in [-0.1, -0.05) is 17.7 Å². The Labute approximate surface area is 146 Å². The lowest BCUT2D eigenvalue weighted by molar-refractivity contribution is -0.133. The molecule has 23 heavy (non-hydrogen) atoms. The van der Waals surface area contributed by atoms with E-state index in [4.69, 9.17) is 22.1 Å². The van der Waals surface area contributed by atoms with Gasteiger partial charge in [0.2, 0.25) is 11.8 Å². The Hall–Kier alpha value is -1.34. The van der Waals surface area contributed by atoms with Gasteiger partial charge in [0, 0.05) is 6.54 Å². The molecule has 1 aromatic rings. The average Bonchev–Trinajstić information content (AvgIpc) is 2.97. The summed E-state index contributed by atoms with van der Waals surface area (Å²) in [4.78, 5) is 23.7. The van der Waals surface area contributed by atoms with Crippen molar-refractivity contribution in [3.63, 3.8) is 0 Å². The van der Waals surface area contributed by atoms with Gasteiger partial charge in [-0.2, -0.15) is 0 Å². The molecule has 1 saturated heterocycles. The lowest BCUT2D eigenvalue weighted by Crippen LogP contribution is -2.39. The number of hydrogen-bond donors (Lipinski definition) is 3. The van der Waals surface area contributed by atoms with E-state index in [0.29, 0.717) is 23.7 Å². The summed E-state index contributed by atoms with van der Waals surface area (Å²) in [5, 5.41) is 5.68. The summed E-state index contributed by atoms with van der Waals surface area (Å²) in [6.45, 7) is 2.18. The maximum absolute atomic E-state index is 11.9. The van der Waals surface area contributed by atoms with Crippen molar-refractivity contribution in [1.82, 2.24) is 5.32 Å². The third-order valence-corrected chi connectivity index (χ3v) is 3.80. The zero-order valence-corrected chi connectivity index (χ0v) is 14.4. The van der Waals surface area contributed by atoms with Crippen molar-refractivity contribution in [1.29, 1.82) is 0 Å². The SMILES string of the molecule is Cc1ccc(NC(=O)CNC(=O)[C@@H]2CC[C@H](CN)O2)c(Cl)c1.Cl. The fourth-order valence-electron chi connectivity index (χ4n) is 2.27. The molecule has 128 valence electrons. The van der Waals surface area contributed by atoms with Gasteiger partial charge in [0.25, 0.3) is 0 Å². The normalized spacial score (nSPS) is 19.8. The van der Waals surface area contributed by atoms with E-state index in [9.17, 15) is 9.59 Å². The first-order valence-corrected chi connectivity index (χ1v) is 7.56. The molecule has 1 aliphatic heterocycles. The highest BCUT2D eigenvalue weighted by molar-refractivity contribution is 6.33. The van der Waals surface area contributed by atoms with Crippen LogP contribution in [-0.2, 0) is 14.3 Å². The van der Waals surface area contributed by atoms with Crippen LogP contribution in [0.1, 0.15) is 18.4 Å². The van der Waals surface area contributed by atoms with Gasteiger partial charge in [0.15, 0.2) is 0 Å². The molecule has 2 amide bonds. The summed E-state index contributed by atoms with van der Waals surface area (Å²) in [6.07, 6.45) is 0.791. The Morgan fingerprint density at radius 3 is 2.74 bits per heavy atom. The Morgan fingerprint density at radius 1 is 1.39 bits per heavy atom. The fraction of sp³-hybridized carbons (Fsp3) is 0.467. The second kappa shape index (κ2) is 9.08. The first-order valence-electron chi connectivity index (χ1n) is 7.19. The van der Waals surface area contributed by atoms with Crippen molar-refractivity contribution in [3.05, 3.63) is 28.8 Å². The number of rotatable bonds is 5. The molecule has 6 nitrogen and oxygen atoms in total. The molecule has 0 radical (unpaired) electrons. The van der Waals surface area contributed by atoms with Gasteiger partial charge in [-0.3, -0.25) is 9.59 Å². The third kappa shape index (κ3) is 5.66. The third-order valence-electron chi connectivity index (χ3n) is 3.48. The Balaban J connectivity index is 0.00000264. The van der Waals surface area contributed by atoms with Crippen LogP contribution < -0.4 is 16.4 Å². The quantitative estimate of drug-likeness (QED) is 0.742. The van der Waals surface area contributed by atoms with E-state index in [1.807, 2.05) is 13.0 Å². The van der Waals surface area contributed by atoms with Crippen LogP contribution in [0.4, 0.5) is 5.69 Å². The number of hydrogen-bond acceptors (Lipinski definition) is 4. The van der Waals surface area contributed by atoms with E-state index in [2.05, 4.69) is 10.6 Å². The van der Waals surface area contributed by atoms with Gasteiger partial charge in [-0.25, -0.2) is 0 Å². The van der Waals surface area contributed by atoms with E-state index in [-0.39, 0.29) is 36.9 Å². The van der Waals surface area contributed by atoms with Crippen LogP contribution in [0.15, 0.2) is 18.2 Å². The zero-order chi connectivity index (χ0) is 16.1. The van der Waals surface area contributed by atoms with Gasteiger partial charge in [-0.15, -0.1) is 12.4 Å². The van der Waals surface area contributed by atoms with Gasteiger partial charge >= 0.3 is 0 Å². The number of amides is 2. The van der Waals surface area contributed by atoms with Crippen LogP contribution in [0.3, 0.4) is 0 Å². The van der Waals surface area contributed by atoms with Crippen molar-refractivity contribution in [2.45, 2.75) is 32.0 Å². The molecule has 1 fully saturated rings. The van der Waals surface area contributed by atoms with Crippen LogP contribution >= 0.6 is 24.0 Å². The molecule has 4 N–H and O–H groups in total. The molecule has 0 aromatic heterocycles. The van der Waals surface area contributed by atoms with Gasteiger partial charge in [0.05, 0.1) is 23.4 Å². The van der Waals surface area contributed by atoms with E-state index in [1.165, 1.54) is 0 Å². The molecule has 1 heterocycles. The van der Waals surface area contributed by atoms with Crippen molar-refractivity contribution in [2.75, 3.05) is 18.4 Å². The van der Waals surface area contributed by atoms with E-state index >= 15 is 0 Å². The molecule has 2 rings (SSSR count). The maximum atomic E-state index is 11.9. The second-order valence-corrected chi connectivity index (χ2v) is 5.72. The molecular weight excluding hydrogens is 341 g/mol. The second-order valence-electron chi connectivity index (χ2n) is 5.31. The number of nitrogens with two attached hydrogens (primary N) is 1. The Bertz CT molecular complexity index is 569. The van der Waals surface area contributed by atoms with Crippen molar-refractivity contribution >= 4 is 41.5 Å². The molecular formula is C15H21Cl2N3O3.